The molecule has 0 aliphatic rings. The zero-order valence-corrected chi connectivity index (χ0v) is 7.53. The molecule has 1 aromatic heterocycles. The average Bonchev–Trinajstić information content (AvgIpc) is 2.10. The highest BCUT2D eigenvalue weighted by molar-refractivity contribution is 5.34. The van der Waals surface area contributed by atoms with E-state index in [1.807, 2.05) is 9.97 Å². The van der Waals surface area contributed by atoms with Crippen LogP contribution < -0.4 is 17.1 Å². The van der Waals surface area contributed by atoms with Gasteiger partial charge >= 0.3 is 17.1 Å². The van der Waals surface area contributed by atoms with Crippen molar-refractivity contribution in [1.29, 1.82) is 0 Å². The minimum atomic E-state index is -0.819. The first-order chi connectivity index (χ1) is 6.54. The molecule has 0 aromatic carbocycles. The second-order valence-corrected chi connectivity index (χ2v) is 2.64. The maximum Gasteiger partial charge on any atom is 0.337 e. The van der Waals surface area contributed by atoms with Gasteiger partial charge in [0, 0.05) is 6.20 Å². The Labute approximate surface area is 78.2 Å². The topological polar surface area (TPSA) is 87.7 Å². The first kappa shape index (κ1) is 9.97. The number of H-pyrrole nitrogens is 2. The van der Waals surface area contributed by atoms with Crippen LogP contribution in [0, 0.1) is 0 Å². The summed E-state index contributed by atoms with van der Waals surface area (Å²) in [6, 6.07) is 0. The molecule has 0 aliphatic heterocycles. The number of hydrogen-bond acceptors (Lipinski definition) is 3. The molecule has 6 nitrogen and oxygen atoms in total. The van der Waals surface area contributed by atoms with Crippen LogP contribution in [0.5, 0.6) is 0 Å². The summed E-state index contributed by atoms with van der Waals surface area (Å²) >= 11 is 0. The fraction of sp³-hybridized carbons (Fsp3) is 0.125. The van der Waals surface area contributed by atoms with Crippen molar-refractivity contribution >= 4 is 6.20 Å². The van der Waals surface area contributed by atoms with Gasteiger partial charge in [0.1, 0.15) is 0 Å². The third-order valence-electron chi connectivity index (χ3n) is 1.53. The molecule has 2 N–H and O–H groups in total. The molecule has 1 rings (SSSR count). The molecule has 74 valence electrons. The number of hydrogen-bond donors (Lipinski definition) is 2. The van der Waals surface area contributed by atoms with Gasteiger partial charge in [-0.05, 0) is 12.5 Å². The van der Waals surface area contributed by atoms with Crippen molar-refractivity contribution < 1.29 is 0 Å². The van der Waals surface area contributed by atoms with E-state index in [0.717, 1.165) is 4.57 Å². The van der Waals surface area contributed by atoms with E-state index in [-0.39, 0.29) is 0 Å². The Balaban J connectivity index is 3.52. The molecule has 1 heterocycles. The molecule has 0 unspecified atom stereocenters. The van der Waals surface area contributed by atoms with Crippen molar-refractivity contribution in [2.75, 3.05) is 0 Å². The molecular weight excluding hydrogens is 186 g/mol. The SMILES string of the molecule is C=CC(C)=Cn1c(=O)[nH]c(=O)[nH]c1=O. The van der Waals surface area contributed by atoms with E-state index in [1.54, 1.807) is 6.92 Å². The summed E-state index contributed by atoms with van der Waals surface area (Å²) in [4.78, 5) is 36.7. The number of allylic oxidation sites excluding steroid dienone is 2. The van der Waals surface area contributed by atoms with Crippen LogP contribution in [0.25, 0.3) is 6.20 Å². The molecule has 0 amide bonds. The predicted molar refractivity (Wildman–Crippen MR) is 52.1 cm³/mol. The highest BCUT2D eigenvalue weighted by Crippen LogP contribution is 1.91. The molecule has 0 radical (unpaired) electrons. The lowest BCUT2D eigenvalue weighted by atomic mass is 10.3. The second kappa shape index (κ2) is 3.73. The Morgan fingerprint density at radius 3 is 2.21 bits per heavy atom. The van der Waals surface area contributed by atoms with Gasteiger partial charge in [-0.1, -0.05) is 12.7 Å². The zero-order chi connectivity index (χ0) is 10.7. The highest BCUT2D eigenvalue weighted by atomic mass is 16.2. The molecule has 14 heavy (non-hydrogen) atoms. The maximum absolute atomic E-state index is 11.1. The van der Waals surface area contributed by atoms with Gasteiger partial charge in [-0.15, -0.1) is 0 Å². The van der Waals surface area contributed by atoms with Gasteiger partial charge in [-0.25, -0.2) is 19.0 Å². The Kier molecular flexibility index (Phi) is 2.66. The molecule has 0 bridgehead atoms. The molecule has 6 heteroatoms. The summed E-state index contributed by atoms with van der Waals surface area (Å²) < 4.78 is 0.762. The van der Waals surface area contributed by atoms with E-state index in [4.69, 9.17) is 0 Å². The predicted octanol–water partition coefficient (Wildman–Crippen LogP) is -0.728. The van der Waals surface area contributed by atoms with Gasteiger partial charge < -0.3 is 0 Å². The van der Waals surface area contributed by atoms with Crippen LogP contribution in [0.2, 0.25) is 0 Å². The van der Waals surface area contributed by atoms with Gasteiger partial charge in [0.25, 0.3) is 0 Å². The Hall–Kier alpha value is -2.11. The summed E-state index contributed by atoms with van der Waals surface area (Å²) in [6.45, 7) is 5.14. The number of nitrogens with zero attached hydrogens (tertiary/aromatic N) is 1. The van der Waals surface area contributed by atoms with E-state index in [9.17, 15) is 14.4 Å². The van der Waals surface area contributed by atoms with Gasteiger partial charge in [-0.3, -0.25) is 9.97 Å². The number of aromatic amines is 2. The van der Waals surface area contributed by atoms with Crippen LogP contribution >= 0.6 is 0 Å². The molecule has 0 saturated carbocycles. The van der Waals surface area contributed by atoms with Gasteiger partial charge in [0.15, 0.2) is 0 Å². The molecule has 0 saturated heterocycles. The number of aromatic nitrogens is 3. The fourth-order valence-electron chi connectivity index (χ4n) is 0.812. The highest BCUT2D eigenvalue weighted by Gasteiger charge is 1.98. The number of rotatable bonds is 2. The zero-order valence-electron chi connectivity index (χ0n) is 7.53. The van der Waals surface area contributed by atoms with Crippen LogP contribution in [0.3, 0.4) is 0 Å². The van der Waals surface area contributed by atoms with Crippen LogP contribution in [-0.4, -0.2) is 14.5 Å². The number of nitrogens with one attached hydrogen (secondary N) is 2. The quantitative estimate of drug-likeness (QED) is 0.610. The summed E-state index contributed by atoms with van der Waals surface area (Å²) in [6.07, 6.45) is 2.76. The first-order valence-corrected chi connectivity index (χ1v) is 3.80. The van der Waals surface area contributed by atoms with Gasteiger partial charge in [0.05, 0.1) is 0 Å². The molecule has 0 spiro atoms. The first-order valence-electron chi connectivity index (χ1n) is 3.80. The summed E-state index contributed by atoms with van der Waals surface area (Å²) in [5.41, 5.74) is -1.74. The lowest BCUT2D eigenvalue weighted by Gasteiger charge is -1.95. The van der Waals surface area contributed by atoms with E-state index in [0.29, 0.717) is 5.57 Å². The standard InChI is InChI=1S/C8H9N3O3/c1-3-5(2)4-11-7(13)9-6(12)10-8(11)14/h3-4H,1H2,2H3,(H2,9,10,12,13,14). The normalized spacial score (nSPS) is 11.4. The molecule has 0 aliphatic carbocycles. The van der Waals surface area contributed by atoms with Crippen molar-refractivity contribution in [2.24, 2.45) is 0 Å². The largest absolute Gasteiger partial charge is 0.337 e. The van der Waals surface area contributed by atoms with Crippen molar-refractivity contribution in [1.82, 2.24) is 14.5 Å². The van der Waals surface area contributed by atoms with Crippen molar-refractivity contribution in [2.45, 2.75) is 6.92 Å². The molecule has 1 aromatic rings. The van der Waals surface area contributed by atoms with E-state index in [1.165, 1.54) is 12.3 Å². The van der Waals surface area contributed by atoms with Crippen molar-refractivity contribution in [3.05, 3.63) is 49.7 Å². The summed E-state index contributed by atoms with van der Waals surface area (Å²) in [5, 5.41) is 0. The van der Waals surface area contributed by atoms with Gasteiger partial charge in [-0.2, -0.15) is 0 Å². The van der Waals surface area contributed by atoms with Gasteiger partial charge in [0.2, 0.25) is 0 Å². The van der Waals surface area contributed by atoms with Crippen LogP contribution in [0.4, 0.5) is 0 Å². The van der Waals surface area contributed by atoms with Crippen LogP contribution in [0.1, 0.15) is 6.92 Å². The monoisotopic (exact) mass is 195 g/mol. The van der Waals surface area contributed by atoms with Crippen LogP contribution in [0.15, 0.2) is 32.6 Å². The smallest absolute Gasteiger partial charge is 0.259 e. The Morgan fingerprint density at radius 1 is 1.29 bits per heavy atom. The van der Waals surface area contributed by atoms with Crippen LogP contribution in [-0.2, 0) is 0 Å². The third kappa shape index (κ3) is 1.98. The van der Waals surface area contributed by atoms with Crippen molar-refractivity contribution in [3.63, 3.8) is 0 Å². The lowest BCUT2D eigenvalue weighted by molar-refractivity contribution is 0.811. The molecular formula is C8H9N3O3. The summed E-state index contributed by atoms with van der Waals surface area (Å²) in [7, 11) is 0. The van der Waals surface area contributed by atoms with E-state index in [2.05, 4.69) is 6.58 Å². The minimum Gasteiger partial charge on any atom is -0.259 e. The third-order valence-corrected chi connectivity index (χ3v) is 1.53. The molecule has 0 fully saturated rings. The van der Waals surface area contributed by atoms with Crippen molar-refractivity contribution in [3.8, 4) is 0 Å². The minimum absolute atomic E-state index is 0.629. The Morgan fingerprint density at radius 2 is 1.79 bits per heavy atom. The lowest BCUT2D eigenvalue weighted by Crippen LogP contribution is -2.40. The summed E-state index contributed by atoms with van der Waals surface area (Å²) in [5.74, 6) is 0. The second-order valence-electron chi connectivity index (χ2n) is 2.64. The van der Waals surface area contributed by atoms with E-state index >= 15 is 0 Å². The van der Waals surface area contributed by atoms with E-state index < -0.39 is 17.1 Å². The molecule has 0 atom stereocenters. The average molecular weight is 195 g/mol. The fourth-order valence-corrected chi connectivity index (χ4v) is 0.812. The maximum atomic E-state index is 11.1. The Bertz CT molecular complexity index is 510.